The van der Waals surface area contributed by atoms with Gasteiger partial charge in [-0.2, -0.15) is 0 Å². The fourth-order valence-corrected chi connectivity index (χ4v) is 4.29. The first kappa shape index (κ1) is 21.1. The summed E-state index contributed by atoms with van der Waals surface area (Å²) in [6.45, 7) is 3.35. The third-order valence-corrected chi connectivity index (χ3v) is 6.25. The number of carbonyl (C=O) groups excluding carboxylic acids is 2. The second-order valence-corrected chi connectivity index (χ2v) is 8.37. The molecule has 172 valence electrons. The first-order valence-electron chi connectivity index (χ1n) is 10.9. The highest BCUT2D eigenvalue weighted by Gasteiger charge is 2.30. The average molecular weight is 451 g/mol. The SMILES string of the molecule is C[C@@H](C(=O)Nc1ccc2[nH]c(=O)[nH]c2c1)N1CCC(C(=O)Nc2ccc3c(c2)OCO3)CC1. The van der Waals surface area contributed by atoms with Gasteiger partial charge in [-0.25, -0.2) is 4.79 Å². The van der Waals surface area contributed by atoms with E-state index in [1.165, 1.54) is 0 Å². The summed E-state index contributed by atoms with van der Waals surface area (Å²) < 4.78 is 10.7. The molecule has 1 saturated heterocycles. The lowest BCUT2D eigenvalue weighted by Crippen LogP contribution is -2.47. The van der Waals surface area contributed by atoms with Crippen LogP contribution < -0.4 is 25.8 Å². The van der Waals surface area contributed by atoms with Crippen LogP contribution in [-0.4, -0.2) is 52.6 Å². The number of benzene rings is 2. The minimum absolute atomic E-state index is 0.0283. The number of imidazole rings is 1. The van der Waals surface area contributed by atoms with Crippen LogP contribution in [-0.2, 0) is 9.59 Å². The standard InChI is InChI=1S/C23H25N5O5/c1-13(21(29)24-15-2-4-17-18(10-15)27-23(31)26-17)28-8-6-14(7-9-28)22(30)25-16-3-5-19-20(11-16)33-12-32-19/h2-5,10-11,13-14H,6-9,12H2,1H3,(H,24,29)(H,25,30)(H2,26,27,31)/t13-/m0/s1. The Morgan fingerprint density at radius 3 is 2.48 bits per heavy atom. The van der Waals surface area contributed by atoms with Crippen molar-refractivity contribution < 1.29 is 19.1 Å². The Balaban J connectivity index is 1.14. The van der Waals surface area contributed by atoms with E-state index < -0.39 is 0 Å². The number of amides is 2. The average Bonchev–Trinajstić information content (AvgIpc) is 3.43. The van der Waals surface area contributed by atoms with Crippen molar-refractivity contribution >= 4 is 34.2 Å². The van der Waals surface area contributed by atoms with Crippen molar-refractivity contribution in [1.29, 1.82) is 0 Å². The summed E-state index contributed by atoms with van der Waals surface area (Å²) in [5, 5.41) is 5.87. The van der Waals surface area contributed by atoms with Crippen LogP contribution in [0.5, 0.6) is 11.5 Å². The summed E-state index contributed by atoms with van der Waals surface area (Å²) >= 11 is 0. The number of nitrogens with zero attached hydrogens (tertiary/aromatic N) is 1. The number of anilines is 2. The molecule has 4 N–H and O–H groups in total. The molecule has 33 heavy (non-hydrogen) atoms. The van der Waals surface area contributed by atoms with Crippen molar-refractivity contribution in [2.45, 2.75) is 25.8 Å². The third kappa shape index (κ3) is 4.42. The Labute approximate surface area is 189 Å². The van der Waals surface area contributed by atoms with E-state index in [1.54, 1.807) is 36.4 Å². The smallest absolute Gasteiger partial charge is 0.323 e. The molecule has 10 nitrogen and oxygen atoms in total. The molecule has 0 bridgehead atoms. The second-order valence-electron chi connectivity index (χ2n) is 8.37. The van der Waals surface area contributed by atoms with Gasteiger partial charge in [-0.05, 0) is 63.2 Å². The maximum Gasteiger partial charge on any atom is 0.323 e. The van der Waals surface area contributed by atoms with Crippen LogP contribution >= 0.6 is 0 Å². The molecule has 10 heteroatoms. The van der Waals surface area contributed by atoms with Crippen LogP contribution in [0.4, 0.5) is 11.4 Å². The summed E-state index contributed by atoms with van der Waals surface area (Å²) in [5.74, 6) is 1.03. The topological polar surface area (TPSA) is 129 Å². The van der Waals surface area contributed by atoms with Gasteiger partial charge in [-0.1, -0.05) is 0 Å². The van der Waals surface area contributed by atoms with Crippen molar-refractivity contribution in [2.75, 3.05) is 30.5 Å². The molecular weight excluding hydrogens is 426 g/mol. The Bertz CT molecular complexity index is 1260. The highest BCUT2D eigenvalue weighted by atomic mass is 16.7. The van der Waals surface area contributed by atoms with Gasteiger partial charge in [0.15, 0.2) is 11.5 Å². The second kappa shape index (κ2) is 8.62. The lowest BCUT2D eigenvalue weighted by atomic mass is 9.94. The first-order valence-corrected chi connectivity index (χ1v) is 10.9. The van der Waals surface area contributed by atoms with Crippen molar-refractivity contribution in [1.82, 2.24) is 14.9 Å². The summed E-state index contributed by atoms with van der Waals surface area (Å²) in [6.07, 6.45) is 1.34. The van der Waals surface area contributed by atoms with Crippen LogP contribution in [0, 0.1) is 5.92 Å². The van der Waals surface area contributed by atoms with Gasteiger partial charge in [0.2, 0.25) is 18.6 Å². The van der Waals surface area contributed by atoms with E-state index in [2.05, 4.69) is 25.5 Å². The number of fused-ring (bicyclic) bond motifs is 2. The zero-order chi connectivity index (χ0) is 22.9. The molecule has 1 fully saturated rings. The lowest BCUT2D eigenvalue weighted by molar-refractivity contribution is -0.123. The molecule has 0 unspecified atom stereocenters. The van der Waals surface area contributed by atoms with Crippen molar-refractivity contribution in [3.05, 3.63) is 46.9 Å². The highest BCUT2D eigenvalue weighted by Crippen LogP contribution is 2.34. The van der Waals surface area contributed by atoms with Gasteiger partial charge in [0, 0.05) is 23.4 Å². The number of H-pyrrole nitrogens is 2. The predicted octanol–water partition coefficient (Wildman–Crippen LogP) is 2.26. The number of aromatic nitrogens is 2. The monoisotopic (exact) mass is 451 g/mol. The van der Waals surface area contributed by atoms with Gasteiger partial charge >= 0.3 is 5.69 Å². The molecule has 1 atom stereocenters. The largest absolute Gasteiger partial charge is 0.454 e. The van der Waals surface area contributed by atoms with Gasteiger partial charge in [-0.15, -0.1) is 0 Å². The Hall–Kier alpha value is -3.79. The molecule has 0 saturated carbocycles. The first-order chi connectivity index (χ1) is 16.0. The third-order valence-electron chi connectivity index (χ3n) is 6.25. The summed E-state index contributed by atoms with van der Waals surface area (Å²) in [5.41, 5.74) is 2.34. The van der Waals surface area contributed by atoms with Crippen LogP contribution in [0.15, 0.2) is 41.2 Å². The van der Waals surface area contributed by atoms with Crippen LogP contribution in [0.2, 0.25) is 0 Å². The number of hydrogen-bond donors (Lipinski definition) is 4. The molecule has 2 aliphatic rings. The quantitative estimate of drug-likeness (QED) is 0.471. The van der Waals surface area contributed by atoms with Crippen molar-refractivity contribution in [2.24, 2.45) is 5.92 Å². The Morgan fingerprint density at radius 2 is 1.67 bits per heavy atom. The number of rotatable bonds is 5. The van der Waals surface area contributed by atoms with E-state index in [1.807, 2.05) is 6.92 Å². The van der Waals surface area contributed by atoms with Crippen molar-refractivity contribution in [3.63, 3.8) is 0 Å². The lowest BCUT2D eigenvalue weighted by Gasteiger charge is -2.34. The molecule has 2 aliphatic heterocycles. The fraction of sp³-hybridized carbons (Fsp3) is 0.348. The molecule has 1 aromatic heterocycles. The minimum atomic E-state index is -0.344. The van der Waals surface area contributed by atoms with E-state index in [0.717, 1.165) is 0 Å². The van der Waals surface area contributed by atoms with Gasteiger partial charge in [-0.3, -0.25) is 14.5 Å². The number of nitrogens with one attached hydrogen (secondary N) is 4. The fourth-order valence-electron chi connectivity index (χ4n) is 4.29. The molecule has 0 radical (unpaired) electrons. The maximum absolute atomic E-state index is 12.8. The molecule has 0 spiro atoms. The number of carbonyl (C=O) groups is 2. The molecule has 5 rings (SSSR count). The number of hydrogen-bond acceptors (Lipinski definition) is 6. The zero-order valence-electron chi connectivity index (χ0n) is 18.1. The van der Waals surface area contributed by atoms with Gasteiger partial charge < -0.3 is 30.1 Å². The predicted molar refractivity (Wildman–Crippen MR) is 123 cm³/mol. The number of ether oxygens (including phenoxy) is 2. The summed E-state index contributed by atoms with van der Waals surface area (Å²) in [7, 11) is 0. The summed E-state index contributed by atoms with van der Waals surface area (Å²) in [4.78, 5) is 44.3. The Morgan fingerprint density at radius 1 is 0.970 bits per heavy atom. The maximum atomic E-state index is 12.8. The van der Waals surface area contributed by atoms with Crippen molar-refractivity contribution in [3.8, 4) is 11.5 Å². The minimum Gasteiger partial charge on any atom is -0.454 e. The highest BCUT2D eigenvalue weighted by molar-refractivity contribution is 5.96. The Kier molecular flexibility index (Phi) is 5.51. The van der Waals surface area contributed by atoms with E-state index in [-0.39, 0.29) is 36.3 Å². The molecule has 2 aromatic carbocycles. The van der Waals surface area contributed by atoms with Gasteiger partial charge in [0.05, 0.1) is 17.1 Å². The van der Waals surface area contributed by atoms with Crippen LogP contribution in [0.1, 0.15) is 19.8 Å². The summed E-state index contributed by atoms with van der Waals surface area (Å²) in [6, 6.07) is 10.2. The van der Waals surface area contributed by atoms with Crippen LogP contribution in [0.3, 0.4) is 0 Å². The van der Waals surface area contributed by atoms with Gasteiger partial charge in [0.25, 0.3) is 0 Å². The van der Waals surface area contributed by atoms with Gasteiger partial charge in [0.1, 0.15) is 0 Å². The number of piperidine rings is 1. The number of aromatic amines is 2. The van der Waals surface area contributed by atoms with E-state index in [4.69, 9.17) is 9.47 Å². The molecule has 2 amide bonds. The van der Waals surface area contributed by atoms with E-state index >= 15 is 0 Å². The normalized spacial score (nSPS) is 17.1. The zero-order valence-corrected chi connectivity index (χ0v) is 18.1. The van der Waals surface area contributed by atoms with Crippen LogP contribution in [0.25, 0.3) is 11.0 Å². The van der Waals surface area contributed by atoms with E-state index in [9.17, 15) is 14.4 Å². The number of likely N-dealkylation sites (tertiary alicyclic amines) is 1. The molecule has 0 aliphatic carbocycles. The van der Waals surface area contributed by atoms with E-state index in [0.29, 0.717) is 59.8 Å². The molecule has 3 aromatic rings. The molecular formula is C23H25N5O5. The molecule has 3 heterocycles.